The molecule has 0 radical (unpaired) electrons. The second-order valence-electron chi connectivity index (χ2n) is 2.80. The zero-order valence-electron chi connectivity index (χ0n) is 7.45. The lowest BCUT2D eigenvalue weighted by atomic mass is 10.1. The van der Waals surface area contributed by atoms with Crippen molar-refractivity contribution < 1.29 is 22.0 Å². The van der Waals surface area contributed by atoms with Crippen LogP contribution in [0.2, 0.25) is 0 Å². The first-order valence-corrected chi connectivity index (χ1v) is 5.49. The summed E-state index contributed by atoms with van der Waals surface area (Å²) in [7, 11) is 0. The summed E-state index contributed by atoms with van der Waals surface area (Å²) in [6.07, 6.45) is -8.17. The molecule has 0 saturated heterocycles. The van der Waals surface area contributed by atoms with Gasteiger partial charge in [-0.25, -0.2) is 13.8 Å². The van der Waals surface area contributed by atoms with Gasteiger partial charge in [0.05, 0.1) is 5.56 Å². The van der Waals surface area contributed by atoms with Crippen LogP contribution in [0.4, 0.5) is 22.0 Å². The topological polar surface area (TPSA) is 12.9 Å². The van der Waals surface area contributed by atoms with Gasteiger partial charge in [0, 0.05) is 5.88 Å². The summed E-state index contributed by atoms with van der Waals surface area (Å²) < 4.78 is 62.6. The minimum atomic E-state index is -4.88. The molecule has 0 bridgehead atoms. The summed E-state index contributed by atoms with van der Waals surface area (Å²) in [5.74, 6) is -0.493. The van der Waals surface area contributed by atoms with Crippen molar-refractivity contribution in [3.05, 3.63) is 26.6 Å². The normalized spacial score (nSPS) is 12.2. The lowest BCUT2D eigenvalue weighted by Gasteiger charge is -2.15. The molecule has 1 aromatic rings. The molecule has 0 atom stereocenters. The fourth-order valence-electron chi connectivity index (χ4n) is 1.17. The molecule has 1 heterocycles. The fraction of sp³-hybridized carbons (Fsp3) is 0.375. The maximum absolute atomic E-state index is 12.6. The first kappa shape index (κ1) is 13.9. The molecule has 1 nitrogen and oxygen atoms in total. The average Bonchev–Trinajstić information content (AvgIpc) is 2.14. The van der Waals surface area contributed by atoms with E-state index in [9.17, 15) is 22.0 Å². The van der Waals surface area contributed by atoms with E-state index in [1.807, 2.05) is 0 Å². The van der Waals surface area contributed by atoms with Crippen LogP contribution in [0.5, 0.6) is 0 Å². The van der Waals surface area contributed by atoms with Crippen molar-refractivity contribution in [3.8, 4) is 0 Å². The Balaban J connectivity index is 3.52. The van der Waals surface area contributed by atoms with Gasteiger partial charge in [-0.2, -0.15) is 13.2 Å². The highest BCUT2D eigenvalue weighted by Crippen LogP contribution is 2.38. The minimum absolute atomic E-state index is 0.0524. The number of rotatable bonds is 2. The largest absolute Gasteiger partial charge is 0.418 e. The van der Waals surface area contributed by atoms with Crippen LogP contribution in [0.1, 0.15) is 23.2 Å². The summed E-state index contributed by atoms with van der Waals surface area (Å²) in [6, 6.07) is 1.04. The first-order chi connectivity index (χ1) is 7.27. The third kappa shape index (κ3) is 2.93. The van der Waals surface area contributed by atoms with E-state index in [0.717, 1.165) is 6.07 Å². The fourth-order valence-corrected chi connectivity index (χ4v) is 2.02. The Hall–Kier alpha value is -0.180. The second kappa shape index (κ2) is 4.99. The number of hydrogen-bond donors (Lipinski definition) is 0. The Labute approximate surface area is 106 Å². The number of nitrogens with zero attached hydrogens (tertiary/aromatic N) is 1. The van der Waals surface area contributed by atoms with Gasteiger partial charge >= 0.3 is 6.18 Å². The molecule has 90 valence electrons. The molecule has 8 heteroatoms. The van der Waals surface area contributed by atoms with Crippen LogP contribution < -0.4 is 0 Å². The second-order valence-corrected chi connectivity index (χ2v) is 4.17. The maximum Gasteiger partial charge on any atom is 0.418 e. The molecular formula is C8H4ClF5IN. The van der Waals surface area contributed by atoms with Crippen LogP contribution >= 0.6 is 34.2 Å². The molecule has 0 saturated carbocycles. The Morgan fingerprint density at radius 3 is 2.31 bits per heavy atom. The maximum atomic E-state index is 12.6. The summed E-state index contributed by atoms with van der Waals surface area (Å²) in [6.45, 7) is 0. The van der Waals surface area contributed by atoms with Gasteiger partial charge in [0.2, 0.25) is 0 Å². The van der Waals surface area contributed by atoms with Crippen LogP contribution in [0.25, 0.3) is 0 Å². The van der Waals surface area contributed by atoms with E-state index < -0.39 is 29.7 Å². The number of aromatic nitrogens is 1. The Bertz CT molecular complexity index is 393. The third-order valence-corrected chi connectivity index (χ3v) is 2.57. The average molecular weight is 371 g/mol. The summed E-state index contributed by atoms with van der Waals surface area (Å²) in [5.41, 5.74) is -3.09. The van der Waals surface area contributed by atoms with Gasteiger partial charge in [-0.3, -0.25) is 0 Å². The Morgan fingerprint density at radius 1 is 1.38 bits per heavy atom. The predicted octanol–water partition coefficient (Wildman–Crippen LogP) is 4.38. The molecule has 0 aliphatic heterocycles. The molecule has 1 aromatic heterocycles. The van der Waals surface area contributed by atoms with E-state index in [1.54, 1.807) is 22.6 Å². The SMILES string of the molecule is FC(F)c1nc(I)cc(CCl)c1C(F)(F)F. The van der Waals surface area contributed by atoms with E-state index in [0.29, 0.717) is 0 Å². The van der Waals surface area contributed by atoms with Gasteiger partial charge in [-0.05, 0) is 34.2 Å². The molecule has 0 aliphatic rings. The van der Waals surface area contributed by atoms with Crippen LogP contribution in [-0.4, -0.2) is 4.98 Å². The molecular weight excluding hydrogens is 367 g/mol. The van der Waals surface area contributed by atoms with E-state index in [1.165, 1.54) is 0 Å². The van der Waals surface area contributed by atoms with Crippen molar-refractivity contribution in [1.29, 1.82) is 0 Å². The molecule has 0 aliphatic carbocycles. The molecule has 0 amide bonds. The van der Waals surface area contributed by atoms with E-state index in [-0.39, 0.29) is 9.26 Å². The number of hydrogen-bond acceptors (Lipinski definition) is 1. The number of alkyl halides is 6. The van der Waals surface area contributed by atoms with Crippen molar-refractivity contribution >= 4 is 34.2 Å². The molecule has 0 N–H and O–H groups in total. The number of halogens is 7. The Morgan fingerprint density at radius 2 is 1.94 bits per heavy atom. The smallest absolute Gasteiger partial charge is 0.240 e. The lowest BCUT2D eigenvalue weighted by molar-refractivity contribution is -0.140. The molecule has 0 spiro atoms. The Kier molecular flexibility index (Phi) is 4.33. The lowest BCUT2D eigenvalue weighted by Crippen LogP contribution is -2.15. The quantitative estimate of drug-likeness (QED) is 0.325. The molecule has 0 unspecified atom stereocenters. The van der Waals surface area contributed by atoms with Gasteiger partial charge < -0.3 is 0 Å². The highest BCUT2D eigenvalue weighted by atomic mass is 127. The van der Waals surface area contributed by atoms with Gasteiger partial charge in [0.15, 0.2) is 0 Å². The van der Waals surface area contributed by atoms with Crippen LogP contribution in [0, 0.1) is 3.70 Å². The van der Waals surface area contributed by atoms with Crippen molar-refractivity contribution in [2.75, 3.05) is 0 Å². The zero-order chi connectivity index (χ0) is 12.5. The molecule has 0 fully saturated rings. The summed E-state index contributed by atoms with van der Waals surface area (Å²) in [4.78, 5) is 3.21. The number of pyridine rings is 1. The van der Waals surface area contributed by atoms with Crippen molar-refractivity contribution in [1.82, 2.24) is 4.98 Å². The van der Waals surface area contributed by atoms with Crippen LogP contribution in [0.15, 0.2) is 6.07 Å². The van der Waals surface area contributed by atoms with Crippen LogP contribution in [-0.2, 0) is 12.1 Å². The zero-order valence-corrected chi connectivity index (χ0v) is 10.4. The monoisotopic (exact) mass is 371 g/mol. The first-order valence-electron chi connectivity index (χ1n) is 3.88. The van der Waals surface area contributed by atoms with Gasteiger partial charge in [-0.15, -0.1) is 11.6 Å². The molecule has 16 heavy (non-hydrogen) atoms. The minimum Gasteiger partial charge on any atom is -0.240 e. The van der Waals surface area contributed by atoms with E-state index in [4.69, 9.17) is 11.6 Å². The molecule has 0 aromatic carbocycles. The highest BCUT2D eigenvalue weighted by molar-refractivity contribution is 14.1. The summed E-state index contributed by atoms with van der Waals surface area (Å²) >= 11 is 6.87. The highest BCUT2D eigenvalue weighted by Gasteiger charge is 2.39. The van der Waals surface area contributed by atoms with Crippen molar-refractivity contribution in [2.45, 2.75) is 18.5 Å². The van der Waals surface area contributed by atoms with Gasteiger partial charge in [0.1, 0.15) is 9.39 Å². The van der Waals surface area contributed by atoms with Crippen molar-refractivity contribution in [3.63, 3.8) is 0 Å². The van der Waals surface area contributed by atoms with Gasteiger partial charge in [0.25, 0.3) is 6.43 Å². The molecule has 1 rings (SSSR count). The van der Waals surface area contributed by atoms with E-state index >= 15 is 0 Å². The standard InChI is InChI=1S/C8H4ClF5IN/c9-2-3-1-4(15)16-6(7(10)11)5(3)8(12,13)14/h1,7H,2H2. The van der Waals surface area contributed by atoms with Crippen molar-refractivity contribution in [2.24, 2.45) is 0 Å². The van der Waals surface area contributed by atoms with Crippen LogP contribution in [0.3, 0.4) is 0 Å². The summed E-state index contributed by atoms with van der Waals surface area (Å²) in [5, 5.41) is 0. The van der Waals surface area contributed by atoms with E-state index in [2.05, 4.69) is 4.98 Å². The predicted molar refractivity (Wildman–Crippen MR) is 56.5 cm³/mol. The van der Waals surface area contributed by atoms with Gasteiger partial charge in [-0.1, -0.05) is 0 Å². The third-order valence-electron chi connectivity index (χ3n) is 1.73.